The summed E-state index contributed by atoms with van der Waals surface area (Å²) in [5, 5.41) is 2.17. The van der Waals surface area contributed by atoms with Crippen LogP contribution in [0.5, 0.6) is 0 Å². The summed E-state index contributed by atoms with van der Waals surface area (Å²) in [6.45, 7) is 15.3. The Hall–Kier alpha value is -4.13. The Bertz CT molecular complexity index is 1870. The van der Waals surface area contributed by atoms with Crippen LogP contribution in [0.2, 0.25) is 0 Å². The van der Waals surface area contributed by atoms with E-state index in [9.17, 15) is 0 Å². The SMILES string of the molecule is CC1=CC(B2OC(C)(C)C(C)(C)O2)=CC(C)C1(C)c1cc(-c2cccc3ncccc23)nc(-c2cccc3ncccc23)c1. The fourth-order valence-electron chi connectivity index (χ4n) is 6.64. The lowest BCUT2D eigenvalue weighted by molar-refractivity contribution is 0.00578. The third-order valence-corrected chi connectivity index (χ3v) is 10.3. The van der Waals surface area contributed by atoms with Gasteiger partial charge in [0.25, 0.3) is 0 Å². The molecule has 0 amide bonds. The third-order valence-electron chi connectivity index (χ3n) is 10.3. The largest absolute Gasteiger partial charge is 0.494 e. The highest BCUT2D eigenvalue weighted by Gasteiger charge is 2.53. The predicted molar refractivity (Wildman–Crippen MR) is 180 cm³/mol. The maximum Gasteiger partial charge on any atom is 0.494 e. The van der Waals surface area contributed by atoms with Gasteiger partial charge in [-0.3, -0.25) is 9.97 Å². The van der Waals surface area contributed by atoms with Crippen molar-refractivity contribution in [3.8, 4) is 22.5 Å². The Labute approximate surface area is 260 Å². The van der Waals surface area contributed by atoms with E-state index in [1.54, 1.807) is 0 Å². The van der Waals surface area contributed by atoms with E-state index in [2.05, 4.69) is 131 Å². The number of benzene rings is 2. The van der Waals surface area contributed by atoms with Crippen molar-refractivity contribution in [1.29, 1.82) is 0 Å². The number of hydrogen-bond donors (Lipinski definition) is 0. The van der Waals surface area contributed by atoms with E-state index in [0.29, 0.717) is 0 Å². The van der Waals surface area contributed by atoms with Gasteiger partial charge in [-0.25, -0.2) is 4.98 Å². The molecule has 3 aromatic heterocycles. The zero-order valence-corrected chi connectivity index (χ0v) is 26.6. The van der Waals surface area contributed by atoms with Crippen LogP contribution >= 0.6 is 0 Å². The van der Waals surface area contributed by atoms with Gasteiger partial charge in [-0.15, -0.1) is 0 Å². The van der Waals surface area contributed by atoms with Crippen molar-refractivity contribution < 1.29 is 9.31 Å². The topological polar surface area (TPSA) is 57.1 Å². The van der Waals surface area contributed by atoms with Gasteiger partial charge in [-0.05, 0) is 88.0 Å². The number of nitrogens with zero attached hydrogens (tertiary/aromatic N) is 3. The number of allylic oxidation sites excluding steroid dienone is 4. The number of fused-ring (bicyclic) bond motifs is 2. The van der Waals surface area contributed by atoms with Crippen LogP contribution in [0.3, 0.4) is 0 Å². The molecule has 2 unspecified atom stereocenters. The molecule has 2 aromatic carbocycles. The average Bonchev–Trinajstić information content (AvgIpc) is 3.24. The van der Waals surface area contributed by atoms with Gasteiger partial charge in [0.05, 0.1) is 33.6 Å². The number of aromatic nitrogens is 3. The van der Waals surface area contributed by atoms with Crippen LogP contribution in [0.1, 0.15) is 54.0 Å². The molecule has 2 atom stereocenters. The van der Waals surface area contributed by atoms with Crippen molar-refractivity contribution in [3.63, 3.8) is 0 Å². The second-order valence-electron chi connectivity index (χ2n) is 13.5. The molecule has 7 rings (SSSR count). The Morgan fingerprint density at radius 1 is 0.705 bits per heavy atom. The number of pyridine rings is 3. The van der Waals surface area contributed by atoms with Crippen LogP contribution in [0.15, 0.2) is 108 Å². The predicted octanol–water partition coefficient (Wildman–Crippen LogP) is 8.92. The molecule has 5 aromatic rings. The standard InChI is InChI=1S/C38H38BN3O2/c1-24-20-27(39-43-36(3,4)37(5,6)44-39)21-25(2)38(24,7)26-22-34(30-12-8-16-32-28(30)14-10-18-40-32)42-35(23-26)31-13-9-17-33-29(31)15-11-19-41-33/h8-24H,1-7H3. The van der Waals surface area contributed by atoms with Crippen LogP contribution in [-0.2, 0) is 14.7 Å². The van der Waals surface area contributed by atoms with Crippen LogP contribution in [0, 0.1) is 5.92 Å². The summed E-state index contributed by atoms with van der Waals surface area (Å²) in [5.41, 5.74) is 8.40. The van der Waals surface area contributed by atoms with Crippen molar-refractivity contribution in [1.82, 2.24) is 15.0 Å². The van der Waals surface area contributed by atoms with Crippen LogP contribution in [0.4, 0.5) is 0 Å². The number of rotatable bonds is 4. The summed E-state index contributed by atoms with van der Waals surface area (Å²) in [5.74, 6) is 0.174. The molecule has 0 N–H and O–H groups in total. The van der Waals surface area contributed by atoms with Crippen molar-refractivity contribution in [2.24, 2.45) is 5.92 Å². The van der Waals surface area contributed by atoms with Gasteiger partial charge in [0.2, 0.25) is 0 Å². The summed E-state index contributed by atoms with van der Waals surface area (Å²) >= 11 is 0. The molecule has 6 heteroatoms. The van der Waals surface area contributed by atoms with Gasteiger partial charge in [-0.2, -0.15) is 0 Å². The maximum atomic E-state index is 6.45. The second-order valence-corrected chi connectivity index (χ2v) is 13.5. The Balaban J connectivity index is 1.40. The fraction of sp³-hybridized carbons (Fsp3) is 0.289. The first-order valence-corrected chi connectivity index (χ1v) is 15.4. The highest BCUT2D eigenvalue weighted by Crippen LogP contribution is 2.48. The molecule has 0 spiro atoms. The average molecular weight is 580 g/mol. The van der Waals surface area contributed by atoms with Gasteiger partial charge in [0, 0.05) is 39.7 Å². The molecular formula is C38H38BN3O2. The molecule has 0 saturated carbocycles. The van der Waals surface area contributed by atoms with Gasteiger partial charge < -0.3 is 9.31 Å². The lowest BCUT2D eigenvalue weighted by Gasteiger charge is -2.40. The van der Waals surface area contributed by atoms with Crippen LogP contribution < -0.4 is 0 Å². The molecule has 1 aliphatic carbocycles. The Morgan fingerprint density at radius 2 is 1.23 bits per heavy atom. The van der Waals surface area contributed by atoms with Gasteiger partial charge in [-0.1, -0.05) is 68.0 Å². The zero-order chi connectivity index (χ0) is 30.9. The molecule has 44 heavy (non-hydrogen) atoms. The molecule has 1 aliphatic heterocycles. The summed E-state index contributed by atoms with van der Waals surface area (Å²) < 4.78 is 12.9. The molecule has 1 saturated heterocycles. The molecule has 0 bridgehead atoms. The van der Waals surface area contributed by atoms with Crippen molar-refractivity contribution in [2.45, 2.75) is 65.1 Å². The molecule has 5 nitrogen and oxygen atoms in total. The van der Waals surface area contributed by atoms with Gasteiger partial charge in [0.15, 0.2) is 0 Å². The molecule has 2 aliphatic rings. The van der Waals surface area contributed by atoms with Crippen molar-refractivity contribution in [2.75, 3.05) is 0 Å². The normalized spacial score (nSPS) is 22.7. The first-order valence-electron chi connectivity index (χ1n) is 15.4. The van der Waals surface area contributed by atoms with Crippen LogP contribution in [0.25, 0.3) is 44.3 Å². The minimum atomic E-state index is -0.392. The zero-order valence-electron chi connectivity index (χ0n) is 26.6. The monoisotopic (exact) mass is 579 g/mol. The Kier molecular flexibility index (Phi) is 6.65. The van der Waals surface area contributed by atoms with E-state index >= 15 is 0 Å². The maximum absolute atomic E-state index is 6.45. The molecule has 220 valence electrons. The molecule has 1 fully saturated rings. The quantitative estimate of drug-likeness (QED) is 0.199. The first-order chi connectivity index (χ1) is 21.0. The van der Waals surface area contributed by atoms with Gasteiger partial charge in [0.1, 0.15) is 0 Å². The van der Waals surface area contributed by atoms with Crippen molar-refractivity contribution >= 4 is 28.9 Å². The smallest absolute Gasteiger partial charge is 0.399 e. The highest BCUT2D eigenvalue weighted by atomic mass is 16.7. The fourth-order valence-corrected chi connectivity index (χ4v) is 6.64. The molecule has 0 radical (unpaired) electrons. The van der Waals surface area contributed by atoms with Crippen LogP contribution in [-0.4, -0.2) is 33.3 Å². The van der Waals surface area contributed by atoms with Crippen molar-refractivity contribution in [3.05, 3.63) is 114 Å². The van der Waals surface area contributed by atoms with E-state index in [4.69, 9.17) is 14.3 Å². The third kappa shape index (κ3) is 4.51. The minimum Gasteiger partial charge on any atom is -0.399 e. The van der Waals surface area contributed by atoms with E-state index in [-0.39, 0.29) is 22.5 Å². The highest BCUT2D eigenvalue weighted by molar-refractivity contribution is 6.55. The lowest BCUT2D eigenvalue weighted by atomic mass is 9.60. The summed E-state index contributed by atoms with van der Waals surface area (Å²) in [6.07, 6.45) is 8.28. The number of hydrogen-bond acceptors (Lipinski definition) is 5. The first kappa shape index (κ1) is 28.6. The Morgan fingerprint density at radius 3 is 1.73 bits per heavy atom. The minimum absolute atomic E-state index is 0.174. The second kappa shape index (κ2) is 10.2. The van der Waals surface area contributed by atoms with E-state index < -0.39 is 7.12 Å². The summed E-state index contributed by atoms with van der Waals surface area (Å²) in [4.78, 5) is 14.6. The van der Waals surface area contributed by atoms with E-state index in [0.717, 1.165) is 49.8 Å². The molecular weight excluding hydrogens is 541 g/mol. The lowest BCUT2D eigenvalue weighted by Crippen LogP contribution is -2.41. The summed E-state index contributed by atoms with van der Waals surface area (Å²) in [7, 11) is -0.392. The summed E-state index contributed by atoms with van der Waals surface area (Å²) in [6, 6.07) is 25.3. The van der Waals surface area contributed by atoms with E-state index in [1.165, 1.54) is 11.1 Å². The molecule has 4 heterocycles. The van der Waals surface area contributed by atoms with Gasteiger partial charge >= 0.3 is 7.12 Å². The van der Waals surface area contributed by atoms with E-state index in [1.807, 2.05) is 24.5 Å².